The quantitative estimate of drug-likeness (QED) is 0.279. The zero-order valence-corrected chi connectivity index (χ0v) is 20.8. The van der Waals surface area contributed by atoms with Gasteiger partial charge in [-0.05, 0) is 49.2 Å². The number of pyridine rings is 1. The third kappa shape index (κ3) is 4.41. The minimum atomic E-state index is -0.179. The molecule has 2 heterocycles. The molecule has 5 nitrogen and oxygen atoms in total. The van der Waals surface area contributed by atoms with Crippen LogP contribution in [0.1, 0.15) is 13.8 Å². The van der Waals surface area contributed by atoms with Crippen molar-refractivity contribution in [2.24, 2.45) is 0 Å². The van der Waals surface area contributed by atoms with Gasteiger partial charge in [-0.25, -0.2) is 4.85 Å². The average Bonchev–Trinajstić information content (AvgIpc) is 2.85. The lowest BCUT2D eigenvalue weighted by molar-refractivity contribution is -0.00520. The van der Waals surface area contributed by atoms with Crippen LogP contribution in [0.5, 0.6) is 0 Å². The fraction of sp³-hybridized carbons (Fsp3) is 0.214. The van der Waals surface area contributed by atoms with Crippen LogP contribution >= 0.6 is 23.2 Å². The standard InChI is InChI=1S/C28H23Cl2N3O2/c1-17-14-32(15-18(2)35-17)26-12-11-21(13-24(26)29)33-16-25(30)27-22(5-4-6-23(27)28(33)34)19-7-9-20(31-3)10-8-19/h4-13,16-18H,14-15H2,1-2H3/t17-,18+. The van der Waals surface area contributed by atoms with Gasteiger partial charge < -0.3 is 9.64 Å². The van der Waals surface area contributed by atoms with Crippen LogP contribution in [-0.2, 0) is 4.74 Å². The van der Waals surface area contributed by atoms with Crippen LogP contribution in [-0.4, -0.2) is 29.9 Å². The molecule has 0 radical (unpaired) electrons. The first kappa shape index (κ1) is 23.4. The molecule has 1 saturated heterocycles. The summed E-state index contributed by atoms with van der Waals surface area (Å²) in [4.78, 5) is 19.2. The second-order valence-electron chi connectivity index (χ2n) is 8.84. The third-order valence-electron chi connectivity index (χ3n) is 6.27. The molecule has 0 amide bonds. The van der Waals surface area contributed by atoms with Crippen molar-refractivity contribution in [2.75, 3.05) is 18.0 Å². The Morgan fingerprint density at radius 1 is 0.971 bits per heavy atom. The summed E-state index contributed by atoms with van der Waals surface area (Å²) in [5.74, 6) is 0. The molecule has 176 valence electrons. The first-order valence-electron chi connectivity index (χ1n) is 11.4. The summed E-state index contributed by atoms with van der Waals surface area (Å²) in [6.45, 7) is 12.8. The number of halogens is 2. The summed E-state index contributed by atoms with van der Waals surface area (Å²) in [5.41, 5.74) is 3.68. The van der Waals surface area contributed by atoms with E-state index in [4.69, 9.17) is 34.5 Å². The Morgan fingerprint density at radius 3 is 2.34 bits per heavy atom. The fourth-order valence-electron chi connectivity index (χ4n) is 4.78. The molecular formula is C28H23Cl2N3O2. The van der Waals surface area contributed by atoms with Gasteiger partial charge in [0.05, 0.1) is 40.2 Å². The molecule has 0 spiro atoms. The van der Waals surface area contributed by atoms with Crippen LogP contribution in [0.15, 0.2) is 71.7 Å². The topological polar surface area (TPSA) is 38.8 Å². The van der Waals surface area contributed by atoms with Crippen LogP contribution in [0.3, 0.4) is 0 Å². The second-order valence-corrected chi connectivity index (χ2v) is 9.65. The van der Waals surface area contributed by atoms with Crippen LogP contribution in [0, 0.1) is 6.57 Å². The number of hydrogen-bond acceptors (Lipinski definition) is 3. The summed E-state index contributed by atoms with van der Waals surface area (Å²) in [6, 6.07) is 18.5. The van der Waals surface area contributed by atoms with Crippen LogP contribution in [0.4, 0.5) is 11.4 Å². The van der Waals surface area contributed by atoms with Crippen LogP contribution < -0.4 is 10.5 Å². The van der Waals surface area contributed by atoms with Crippen molar-refractivity contribution < 1.29 is 4.74 Å². The van der Waals surface area contributed by atoms with Crippen molar-refractivity contribution in [3.8, 4) is 16.8 Å². The molecule has 5 rings (SSSR count). The summed E-state index contributed by atoms with van der Waals surface area (Å²) >= 11 is 13.5. The van der Waals surface area contributed by atoms with Crippen molar-refractivity contribution in [2.45, 2.75) is 26.1 Å². The van der Waals surface area contributed by atoms with E-state index >= 15 is 0 Å². The van der Waals surface area contributed by atoms with Gasteiger partial charge in [0.1, 0.15) is 0 Å². The van der Waals surface area contributed by atoms with E-state index in [2.05, 4.69) is 23.6 Å². The summed E-state index contributed by atoms with van der Waals surface area (Å²) in [6.07, 6.45) is 1.87. The molecule has 2 atom stereocenters. The molecule has 0 aliphatic carbocycles. The van der Waals surface area contributed by atoms with Crippen molar-refractivity contribution >= 4 is 45.3 Å². The number of benzene rings is 3. The lowest BCUT2D eigenvalue weighted by Gasteiger charge is -2.37. The first-order valence-corrected chi connectivity index (χ1v) is 12.1. The summed E-state index contributed by atoms with van der Waals surface area (Å²) in [7, 11) is 0. The van der Waals surface area contributed by atoms with Gasteiger partial charge in [-0.1, -0.05) is 59.6 Å². The van der Waals surface area contributed by atoms with E-state index in [9.17, 15) is 4.79 Å². The number of anilines is 1. The van der Waals surface area contributed by atoms with E-state index < -0.39 is 0 Å². The summed E-state index contributed by atoms with van der Waals surface area (Å²) in [5, 5.41) is 2.23. The number of nitrogens with zero attached hydrogens (tertiary/aromatic N) is 3. The number of ether oxygens (including phenoxy) is 1. The lowest BCUT2D eigenvalue weighted by atomic mass is 9.99. The zero-order valence-electron chi connectivity index (χ0n) is 19.3. The highest BCUT2D eigenvalue weighted by Gasteiger charge is 2.24. The van der Waals surface area contributed by atoms with E-state index in [1.54, 1.807) is 30.5 Å². The van der Waals surface area contributed by atoms with Gasteiger partial charge in [-0.3, -0.25) is 9.36 Å². The van der Waals surface area contributed by atoms with E-state index in [0.29, 0.717) is 32.2 Å². The Hall–Kier alpha value is -3.30. The van der Waals surface area contributed by atoms with Crippen LogP contribution in [0.2, 0.25) is 10.0 Å². The number of aromatic nitrogens is 1. The Balaban J connectivity index is 1.58. The number of rotatable bonds is 3. The number of fused-ring (bicyclic) bond motifs is 1. The van der Waals surface area contributed by atoms with Crippen molar-refractivity contribution in [3.05, 3.63) is 98.7 Å². The largest absolute Gasteiger partial charge is 0.372 e. The van der Waals surface area contributed by atoms with Gasteiger partial charge in [-0.15, -0.1) is 0 Å². The smallest absolute Gasteiger partial charge is 0.263 e. The maximum absolute atomic E-state index is 13.5. The highest BCUT2D eigenvalue weighted by molar-refractivity contribution is 6.36. The lowest BCUT2D eigenvalue weighted by Crippen LogP contribution is -2.45. The van der Waals surface area contributed by atoms with Gasteiger partial charge in [0.2, 0.25) is 0 Å². The van der Waals surface area contributed by atoms with Gasteiger partial charge in [0, 0.05) is 30.1 Å². The van der Waals surface area contributed by atoms with E-state index in [1.165, 1.54) is 4.57 Å². The summed E-state index contributed by atoms with van der Waals surface area (Å²) < 4.78 is 7.37. The molecular weight excluding hydrogens is 481 g/mol. The zero-order chi connectivity index (χ0) is 24.7. The predicted octanol–water partition coefficient (Wildman–Crippen LogP) is 7.13. The first-order chi connectivity index (χ1) is 16.9. The van der Waals surface area contributed by atoms with Crippen LogP contribution in [0.25, 0.3) is 32.4 Å². The molecule has 1 aliphatic rings. The van der Waals surface area contributed by atoms with Gasteiger partial charge in [0.15, 0.2) is 5.69 Å². The SMILES string of the molecule is [C-]#[N+]c1ccc(-c2cccc3c(=O)n(-c4ccc(N5C[C@@H](C)O[C@@H](C)C5)c(Cl)c4)cc(Cl)c23)cc1. The second kappa shape index (κ2) is 9.39. The molecule has 3 aromatic carbocycles. The monoisotopic (exact) mass is 503 g/mol. The van der Waals surface area contributed by atoms with E-state index in [1.807, 2.05) is 36.4 Å². The molecule has 0 bridgehead atoms. The molecule has 35 heavy (non-hydrogen) atoms. The fourth-order valence-corrected chi connectivity index (χ4v) is 5.37. The molecule has 7 heteroatoms. The number of morpholine rings is 1. The highest BCUT2D eigenvalue weighted by Crippen LogP contribution is 2.35. The Morgan fingerprint density at radius 2 is 1.69 bits per heavy atom. The Labute approximate surface area is 213 Å². The highest BCUT2D eigenvalue weighted by atomic mass is 35.5. The van der Waals surface area contributed by atoms with Crippen molar-refractivity contribution in [3.63, 3.8) is 0 Å². The third-order valence-corrected chi connectivity index (χ3v) is 6.86. The van der Waals surface area contributed by atoms with E-state index in [0.717, 1.165) is 29.9 Å². The molecule has 0 saturated carbocycles. The van der Waals surface area contributed by atoms with Crippen molar-refractivity contribution in [1.29, 1.82) is 0 Å². The molecule has 1 fully saturated rings. The van der Waals surface area contributed by atoms with E-state index in [-0.39, 0.29) is 17.8 Å². The van der Waals surface area contributed by atoms with Gasteiger partial charge >= 0.3 is 0 Å². The van der Waals surface area contributed by atoms with Crippen molar-refractivity contribution in [1.82, 2.24) is 4.57 Å². The molecule has 0 unspecified atom stereocenters. The molecule has 1 aliphatic heterocycles. The van der Waals surface area contributed by atoms with Gasteiger partial charge in [0.25, 0.3) is 5.56 Å². The normalized spacial score (nSPS) is 18.0. The molecule has 0 N–H and O–H groups in total. The minimum Gasteiger partial charge on any atom is -0.372 e. The molecule has 1 aromatic heterocycles. The average molecular weight is 504 g/mol. The number of hydrogen-bond donors (Lipinski definition) is 0. The maximum atomic E-state index is 13.5. The predicted molar refractivity (Wildman–Crippen MR) is 143 cm³/mol. The Kier molecular flexibility index (Phi) is 6.29. The maximum Gasteiger partial charge on any atom is 0.263 e. The Bertz CT molecular complexity index is 1510. The van der Waals surface area contributed by atoms with Gasteiger partial charge in [-0.2, -0.15) is 0 Å². The molecule has 4 aromatic rings. The minimum absolute atomic E-state index is 0.114.